The van der Waals surface area contributed by atoms with Gasteiger partial charge in [-0.15, -0.1) is 5.10 Å². The van der Waals surface area contributed by atoms with Gasteiger partial charge in [0.05, 0.1) is 22.0 Å². The molecule has 1 aromatic carbocycles. The van der Waals surface area contributed by atoms with Crippen LogP contribution in [0.3, 0.4) is 0 Å². The molecule has 2 fully saturated rings. The van der Waals surface area contributed by atoms with Crippen LogP contribution in [0, 0.1) is 6.92 Å². The zero-order chi connectivity index (χ0) is 39.5. The second-order valence-corrected chi connectivity index (χ2v) is 15.1. The van der Waals surface area contributed by atoms with Gasteiger partial charge in [0, 0.05) is 66.3 Å². The van der Waals surface area contributed by atoms with Crippen LogP contribution in [0.1, 0.15) is 89.6 Å². The summed E-state index contributed by atoms with van der Waals surface area (Å²) in [4.78, 5) is 60.8. The Labute approximate surface area is 322 Å². The minimum atomic E-state index is -4.62. The van der Waals surface area contributed by atoms with Crippen LogP contribution in [-0.4, -0.2) is 82.2 Å². The first-order valence-corrected chi connectivity index (χ1v) is 18.7. The lowest BCUT2D eigenvalue weighted by Crippen LogP contribution is -2.46. The number of carbonyl (C=O) groups excluding carboxylic acids is 2. The topological polar surface area (TPSA) is 170 Å². The fraction of sp³-hybridized carbons (Fsp3) is 0.421. The highest BCUT2D eigenvalue weighted by Crippen LogP contribution is 2.50. The molecule has 1 atom stereocenters. The summed E-state index contributed by atoms with van der Waals surface area (Å²) in [7, 11) is 0. The molecule has 1 unspecified atom stereocenters. The molecule has 56 heavy (non-hydrogen) atoms. The fourth-order valence-electron chi connectivity index (χ4n) is 8.41. The standard InChI is InChI=1S/C38H37ClF3N9O5/c1-20-16-37(9-11-49(12-10-37)35(55)30-32(53)21(2)44-19-45-30)29-31(20)50(18-28(52)46-27-6-4-24(15-25(27)39)38(40,41)42)36-47-33(48-51(36)34(29)54)23-3-5-26(43-17-23)22-7-13-56-14-8-22/h3-6,15,17,19-20,22,53H,7-14,16,18H2,1-2H3,(H,46,52). The highest BCUT2D eigenvalue weighted by Gasteiger charge is 2.49. The second kappa shape index (κ2) is 14.3. The van der Waals surface area contributed by atoms with Gasteiger partial charge in [0.1, 0.15) is 12.9 Å². The molecule has 292 valence electrons. The third-order valence-electron chi connectivity index (χ3n) is 11.3. The number of rotatable bonds is 6. The number of likely N-dealkylation sites (tertiary alicyclic amines) is 1. The third-order valence-corrected chi connectivity index (χ3v) is 11.6. The largest absolute Gasteiger partial charge is 0.504 e. The Morgan fingerprint density at radius 3 is 2.52 bits per heavy atom. The summed E-state index contributed by atoms with van der Waals surface area (Å²) in [5, 5.41) is 17.5. The van der Waals surface area contributed by atoms with E-state index >= 15 is 0 Å². The number of piperidine rings is 1. The molecule has 2 N–H and O–H groups in total. The number of hydrogen-bond acceptors (Lipinski definition) is 10. The van der Waals surface area contributed by atoms with Gasteiger partial charge in [0.15, 0.2) is 17.3 Å². The summed E-state index contributed by atoms with van der Waals surface area (Å²) in [5.41, 5.74) is 0.681. The number of benzene rings is 1. The van der Waals surface area contributed by atoms with E-state index in [0.29, 0.717) is 49.3 Å². The quantitative estimate of drug-likeness (QED) is 0.219. The average molecular weight is 792 g/mol. The van der Waals surface area contributed by atoms with Crippen molar-refractivity contribution in [3.8, 4) is 17.1 Å². The Kier molecular flexibility index (Phi) is 9.55. The molecule has 3 aliphatic rings. The van der Waals surface area contributed by atoms with Crippen molar-refractivity contribution in [2.24, 2.45) is 0 Å². The van der Waals surface area contributed by atoms with Crippen molar-refractivity contribution in [3.05, 3.63) is 92.1 Å². The van der Waals surface area contributed by atoms with Gasteiger partial charge in [-0.1, -0.05) is 18.5 Å². The van der Waals surface area contributed by atoms with Crippen LogP contribution in [0.15, 0.2) is 47.7 Å². The van der Waals surface area contributed by atoms with Gasteiger partial charge in [-0.05, 0) is 75.3 Å². The van der Waals surface area contributed by atoms with Crippen molar-refractivity contribution in [1.29, 1.82) is 0 Å². The van der Waals surface area contributed by atoms with E-state index in [-0.39, 0.29) is 70.9 Å². The molecule has 5 aromatic rings. The highest BCUT2D eigenvalue weighted by molar-refractivity contribution is 6.33. The van der Waals surface area contributed by atoms with E-state index in [4.69, 9.17) is 21.3 Å². The lowest BCUT2D eigenvalue weighted by molar-refractivity contribution is -0.137. The molecule has 2 saturated heterocycles. The minimum absolute atomic E-state index is 0.0114. The number of carbonyl (C=O) groups is 2. The molecular formula is C38H37ClF3N9O5. The van der Waals surface area contributed by atoms with Crippen LogP contribution in [0.4, 0.5) is 18.9 Å². The Balaban J connectivity index is 1.17. The predicted octanol–water partition coefficient (Wildman–Crippen LogP) is 5.64. The van der Waals surface area contributed by atoms with Crippen LogP contribution in [0.5, 0.6) is 5.75 Å². The fourth-order valence-corrected chi connectivity index (χ4v) is 8.64. The summed E-state index contributed by atoms with van der Waals surface area (Å²) < 4.78 is 48.3. The van der Waals surface area contributed by atoms with Crippen molar-refractivity contribution in [3.63, 3.8) is 0 Å². The molecule has 2 aliphatic heterocycles. The van der Waals surface area contributed by atoms with Gasteiger partial charge in [-0.2, -0.15) is 22.7 Å². The maximum absolute atomic E-state index is 14.6. The van der Waals surface area contributed by atoms with Gasteiger partial charge < -0.3 is 24.6 Å². The molecule has 1 spiro atoms. The number of fused-ring (bicyclic) bond motifs is 3. The van der Waals surface area contributed by atoms with E-state index < -0.39 is 34.5 Å². The normalized spacial score (nSPS) is 18.4. The third kappa shape index (κ3) is 6.65. The number of alkyl halides is 3. The number of aromatic nitrogens is 7. The van der Waals surface area contributed by atoms with Crippen LogP contribution < -0.4 is 10.9 Å². The number of aryl methyl sites for hydroxylation is 1. The number of amides is 2. The lowest BCUT2D eigenvalue weighted by Gasteiger charge is -2.39. The number of nitrogens with one attached hydrogen (secondary N) is 1. The van der Waals surface area contributed by atoms with Gasteiger partial charge >= 0.3 is 6.18 Å². The Morgan fingerprint density at radius 1 is 1.09 bits per heavy atom. The molecule has 0 saturated carbocycles. The molecule has 0 bridgehead atoms. The lowest BCUT2D eigenvalue weighted by atomic mass is 9.73. The van der Waals surface area contributed by atoms with Crippen molar-refractivity contribution in [2.45, 2.75) is 75.9 Å². The smallest absolute Gasteiger partial charge is 0.416 e. The van der Waals surface area contributed by atoms with Crippen LogP contribution in [0.2, 0.25) is 5.02 Å². The van der Waals surface area contributed by atoms with Crippen LogP contribution >= 0.6 is 11.6 Å². The monoisotopic (exact) mass is 791 g/mol. The van der Waals surface area contributed by atoms with E-state index in [9.17, 15) is 32.7 Å². The zero-order valence-corrected chi connectivity index (χ0v) is 31.2. The number of pyridine rings is 1. The molecule has 18 heteroatoms. The van der Waals surface area contributed by atoms with Crippen LogP contribution in [-0.2, 0) is 27.7 Å². The summed E-state index contributed by atoms with van der Waals surface area (Å²) in [6.45, 7) is 5.04. The predicted molar refractivity (Wildman–Crippen MR) is 197 cm³/mol. The first-order chi connectivity index (χ1) is 26.7. The van der Waals surface area contributed by atoms with Gasteiger partial charge in [0.25, 0.3) is 11.5 Å². The van der Waals surface area contributed by atoms with Crippen molar-refractivity contribution >= 4 is 34.9 Å². The van der Waals surface area contributed by atoms with Crippen molar-refractivity contribution in [1.82, 2.24) is 39.0 Å². The number of nitrogens with zero attached hydrogens (tertiary/aromatic N) is 8. The summed E-state index contributed by atoms with van der Waals surface area (Å²) in [6.07, 6.45) is 1.35. The summed E-state index contributed by atoms with van der Waals surface area (Å²) in [6, 6.07) is 6.44. The summed E-state index contributed by atoms with van der Waals surface area (Å²) >= 11 is 6.18. The number of halogens is 4. The number of aromatic hydroxyl groups is 1. The maximum Gasteiger partial charge on any atom is 0.416 e. The maximum atomic E-state index is 14.6. The van der Waals surface area contributed by atoms with Crippen molar-refractivity contribution < 1.29 is 32.6 Å². The molecule has 2 amide bonds. The number of anilines is 1. The number of ether oxygens (including phenoxy) is 1. The molecule has 8 rings (SSSR count). The van der Waals surface area contributed by atoms with E-state index in [0.717, 1.165) is 36.7 Å². The van der Waals surface area contributed by atoms with E-state index in [2.05, 4.69) is 25.4 Å². The first-order valence-electron chi connectivity index (χ1n) is 18.3. The molecule has 14 nitrogen and oxygen atoms in total. The van der Waals surface area contributed by atoms with E-state index in [1.165, 1.54) is 10.8 Å². The molecular weight excluding hydrogens is 755 g/mol. The molecule has 0 radical (unpaired) electrons. The van der Waals surface area contributed by atoms with Gasteiger partial charge in [-0.3, -0.25) is 19.4 Å². The number of hydrogen-bond donors (Lipinski definition) is 2. The molecule has 6 heterocycles. The highest BCUT2D eigenvalue weighted by atomic mass is 35.5. The Morgan fingerprint density at radius 2 is 1.84 bits per heavy atom. The van der Waals surface area contributed by atoms with Crippen LogP contribution in [0.25, 0.3) is 17.2 Å². The Bertz CT molecular complexity index is 2420. The minimum Gasteiger partial charge on any atom is -0.504 e. The van der Waals surface area contributed by atoms with E-state index in [1.807, 2.05) is 19.1 Å². The molecule has 1 aliphatic carbocycles. The zero-order valence-electron chi connectivity index (χ0n) is 30.4. The van der Waals surface area contributed by atoms with Gasteiger partial charge in [0.2, 0.25) is 11.7 Å². The van der Waals surface area contributed by atoms with Gasteiger partial charge in [-0.25, -0.2) is 9.97 Å². The Hall–Kier alpha value is -5.42. The van der Waals surface area contributed by atoms with Crippen molar-refractivity contribution in [2.75, 3.05) is 31.6 Å². The van der Waals surface area contributed by atoms with E-state index in [1.54, 1.807) is 22.6 Å². The summed E-state index contributed by atoms with van der Waals surface area (Å²) in [5.74, 6) is -0.985. The second-order valence-electron chi connectivity index (χ2n) is 14.7. The first kappa shape index (κ1) is 37.5. The SMILES string of the molecule is Cc1ncnc(C(=O)N2CCC3(CC2)CC(C)c2c3c(=O)n3nc(-c4ccc(C5CCOCC5)nc4)nc3n2CC(=O)Nc2ccc(C(F)(F)F)cc2Cl)c1O. The average Bonchev–Trinajstić information content (AvgIpc) is 3.75. The molecule has 4 aromatic heterocycles.